The van der Waals surface area contributed by atoms with Crippen LogP contribution in [0.5, 0.6) is 0 Å². The van der Waals surface area contributed by atoms with E-state index in [1.165, 1.54) is 57.1 Å². The number of hydrogen-bond acceptors (Lipinski definition) is 0. The SMILES string of the molecule is CCCCCc1ccc(-c2ccc(-c3ccc(I)cc3)cc2)cc1. The van der Waals surface area contributed by atoms with Crippen molar-refractivity contribution >= 4 is 22.6 Å². The molecule has 0 bridgehead atoms. The first kappa shape index (κ1) is 17.2. The van der Waals surface area contributed by atoms with Gasteiger partial charge in [0.05, 0.1) is 0 Å². The molecule has 0 fully saturated rings. The van der Waals surface area contributed by atoms with Crippen LogP contribution in [0.15, 0.2) is 72.8 Å². The Kier molecular flexibility index (Phi) is 6.08. The largest absolute Gasteiger partial charge is 0.0654 e. The lowest BCUT2D eigenvalue weighted by atomic mass is 9.98. The van der Waals surface area contributed by atoms with E-state index in [-0.39, 0.29) is 0 Å². The molecule has 0 nitrogen and oxygen atoms in total. The van der Waals surface area contributed by atoms with Gasteiger partial charge in [-0.15, -0.1) is 0 Å². The maximum atomic E-state index is 2.34. The zero-order chi connectivity index (χ0) is 16.8. The second kappa shape index (κ2) is 8.48. The van der Waals surface area contributed by atoms with Gasteiger partial charge in [0.15, 0.2) is 0 Å². The van der Waals surface area contributed by atoms with Crippen LogP contribution in [0.3, 0.4) is 0 Å². The quantitative estimate of drug-likeness (QED) is 0.285. The Hall–Kier alpha value is -1.61. The van der Waals surface area contributed by atoms with Gasteiger partial charge in [-0.25, -0.2) is 0 Å². The van der Waals surface area contributed by atoms with Crippen LogP contribution >= 0.6 is 22.6 Å². The molecule has 0 N–H and O–H groups in total. The Morgan fingerprint density at radius 3 is 1.46 bits per heavy atom. The minimum absolute atomic E-state index is 1.19. The lowest BCUT2D eigenvalue weighted by molar-refractivity contribution is 0.717. The molecule has 1 heteroatoms. The van der Waals surface area contributed by atoms with Crippen LogP contribution in [0, 0.1) is 3.57 Å². The minimum Gasteiger partial charge on any atom is -0.0654 e. The summed E-state index contributed by atoms with van der Waals surface area (Å²) < 4.78 is 1.27. The van der Waals surface area contributed by atoms with Gasteiger partial charge >= 0.3 is 0 Å². The molecule has 3 aromatic rings. The lowest BCUT2D eigenvalue weighted by Gasteiger charge is -2.07. The molecule has 0 radical (unpaired) electrons. The van der Waals surface area contributed by atoms with Crippen LogP contribution in [0.4, 0.5) is 0 Å². The van der Waals surface area contributed by atoms with E-state index in [1.807, 2.05) is 0 Å². The molecular formula is C23H23I. The van der Waals surface area contributed by atoms with E-state index < -0.39 is 0 Å². The maximum absolute atomic E-state index is 2.34. The van der Waals surface area contributed by atoms with Gasteiger partial charge in [-0.3, -0.25) is 0 Å². The van der Waals surface area contributed by atoms with E-state index in [9.17, 15) is 0 Å². The molecule has 3 aromatic carbocycles. The van der Waals surface area contributed by atoms with Gasteiger partial charge in [0, 0.05) is 3.57 Å². The summed E-state index contributed by atoms with van der Waals surface area (Å²) in [7, 11) is 0. The van der Waals surface area contributed by atoms with E-state index in [2.05, 4.69) is 102 Å². The molecule has 0 aliphatic heterocycles. The fourth-order valence-corrected chi connectivity index (χ4v) is 3.30. The second-order valence-electron chi connectivity index (χ2n) is 6.24. The average Bonchev–Trinajstić information content (AvgIpc) is 2.63. The maximum Gasteiger partial charge on any atom is 0.0130 e. The molecule has 0 heterocycles. The molecule has 0 saturated carbocycles. The summed E-state index contributed by atoms with van der Waals surface area (Å²) in [6.07, 6.45) is 5.09. The van der Waals surface area contributed by atoms with Gasteiger partial charge < -0.3 is 0 Å². The summed E-state index contributed by atoms with van der Waals surface area (Å²) in [6.45, 7) is 2.25. The van der Waals surface area contributed by atoms with Gasteiger partial charge in [0.2, 0.25) is 0 Å². The summed E-state index contributed by atoms with van der Waals surface area (Å²) >= 11 is 2.34. The number of benzene rings is 3. The highest BCUT2D eigenvalue weighted by Crippen LogP contribution is 2.26. The van der Waals surface area contributed by atoms with E-state index in [4.69, 9.17) is 0 Å². The van der Waals surface area contributed by atoms with Gasteiger partial charge in [-0.1, -0.05) is 80.4 Å². The molecule has 0 aliphatic carbocycles. The lowest BCUT2D eigenvalue weighted by Crippen LogP contribution is -1.86. The van der Waals surface area contributed by atoms with E-state index in [0.29, 0.717) is 0 Å². The molecule has 3 rings (SSSR count). The average molecular weight is 426 g/mol. The number of aryl methyl sites for hydroxylation is 1. The van der Waals surface area contributed by atoms with Crippen LogP contribution in [-0.2, 0) is 6.42 Å². The van der Waals surface area contributed by atoms with Crippen molar-refractivity contribution in [1.82, 2.24) is 0 Å². The summed E-state index contributed by atoms with van der Waals surface area (Å²) in [4.78, 5) is 0. The molecule has 0 saturated heterocycles. The smallest absolute Gasteiger partial charge is 0.0130 e. The first-order valence-corrected chi connectivity index (χ1v) is 9.79. The Morgan fingerprint density at radius 1 is 0.583 bits per heavy atom. The summed E-state index contributed by atoms with van der Waals surface area (Å²) in [5, 5.41) is 0. The van der Waals surface area contributed by atoms with Crippen LogP contribution in [0.25, 0.3) is 22.3 Å². The molecule has 24 heavy (non-hydrogen) atoms. The van der Waals surface area contributed by atoms with Gasteiger partial charge in [0.25, 0.3) is 0 Å². The van der Waals surface area contributed by atoms with Crippen molar-refractivity contribution in [2.24, 2.45) is 0 Å². The normalized spacial score (nSPS) is 10.8. The zero-order valence-corrected chi connectivity index (χ0v) is 16.3. The highest BCUT2D eigenvalue weighted by atomic mass is 127. The molecule has 0 atom stereocenters. The van der Waals surface area contributed by atoms with Crippen molar-refractivity contribution in [2.45, 2.75) is 32.6 Å². The van der Waals surface area contributed by atoms with Crippen LogP contribution in [-0.4, -0.2) is 0 Å². The molecule has 0 aliphatic rings. The second-order valence-corrected chi connectivity index (χ2v) is 7.48. The highest BCUT2D eigenvalue weighted by molar-refractivity contribution is 14.1. The monoisotopic (exact) mass is 426 g/mol. The minimum atomic E-state index is 1.19. The molecule has 0 amide bonds. The van der Waals surface area contributed by atoms with Crippen LogP contribution in [0.2, 0.25) is 0 Å². The third kappa shape index (κ3) is 4.47. The molecule has 0 spiro atoms. The number of unbranched alkanes of at least 4 members (excludes halogenated alkanes) is 2. The van der Waals surface area contributed by atoms with Crippen molar-refractivity contribution in [3.05, 3.63) is 81.9 Å². The van der Waals surface area contributed by atoms with Crippen molar-refractivity contribution in [2.75, 3.05) is 0 Å². The molecule has 0 aromatic heterocycles. The van der Waals surface area contributed by atoms with Gasteiger partial charge in [-0.05, 0) is 75.4 Å². The fourth-order valence-electron chi connectivity index (χ4n) is 2.94. The number of hydrogen-bond donors (Lipinski definition) is 0. The topological polar surface area (TPSA) is 0 Å². The Morgan fingerprint density at radius 2 is 1.00 bits per heavy atom. The predicted octanol–water partition coefficient (Wildman–Crippen LogP) is 7.36. The van der Waals surface area contributed by atoms with Crippen LogP contribution < -0.4 is 0 Å². The number of rotatable bonds is 6. The van der Waals surface area contributed by atoms with Gasteiger partial charge in [0.1, 0.15) is 0 Å². The predicted molar refractivity (Wildman–Crippen MR) is 113 cm³/mol. The highest BCUT2D eigenvalue weighted by Gasteiger charge is 2.01. The van der Waals surface area contributed by atoms with E-state index in [0.717, 1.165) is 0 Å². The third-order valence-corrected chi connectivity index (χ3v) is 5.14. The summed E-state index contributed by atoms with van der Waals surface area (Å²) in [6, 6.07) is 26.6. The molecule has 0 unspecified atom stereocenters. The number of halogens is 1. The Balaban J connectivity index is 1.72. The van der Waals surface area contributed by atoms with E-state index >= 15 is 0 Å². The fraction of sp³-hybridized carbons (Fsp3) is 0.217. The summed E-state index contributed by atoms with van der Waals surface area (Å²) in [5.74, 6) is 0. The first-order valence-electron chi connectivity index (χ1n) is 8.71. The van der Waals surface area contributed by atoms with Crippen LogP contribution in [0.1, 0.15) is 31.7 Å². The third-order valence-electron chi connectivity index (χ3n) is 4.42. The first-order chi connectivity index (χ1) is 11.8. The molecular weight excluding hydrogens is 403 g/mol. The summed E-state index contributed by atoms with van der Waals surface area (Å²) in [5.41, 5.74) is 6.56. The molecule has 122 valence electrons. The zero-order valence-electron chi connectivity index (χ0n) is 14.1. The standard InChI is InChI=1S/C23H23I/c1-2-3-4-5-18-6-8-19(9-7-18)20-10-12-21(13-11-20)22-14-16-23(24)17-15-22/h6-17H,2-5H2,1H3. The van der Waals surface area contributed by atoms with Crippen molar-refractivity contribution in [3.63, 3.8) is 0 Å². The van der Waals surface area contributed by atoms with E-state index in [1.54, 1.807) is 0 Å². The van der Waals surface area contributed by atoms with Gasteiger partial charge in [-0.2, -0.15) is 0 Å². The van der Waals surface area contributed by atoms with Crippen molar-refractivity contribution < 1.29 is 0 Å². The van der Waals surface area contributed by atoms with Crippen molar-refractivity contribution in [1.29, 1.82) is 0 Å². The Labute approximate surface area is 159 Å². The van der Waals surface area contributed by atoms with Crippen molar-refractivity contribution in [3.8, 4) is 22.3 Å². The Bertz CT molecular complexity index is 753.